The van der Waals surface area contributed by atoms with Crippen LogP contribution in [0.3, 0.4) is 0 Å². The van der Waals surface area contributed by atoms with Crippen LogP contribution in [0.15, 0.2) is 30.3 Å². The third kappa shape index (κ3) is 2.11. The number of carbonyl (C=O) groups excluding carboxylic acids is 1. The van der Waals surface area contributed by atoms with Crippen molar-refractivity contribution in [3.05, 3.63) is 52.7 Å². The Labute approximate surface area is 154 Å². The Morgan fingerprint density at radius 1 is 1.00 bits per heavy atom. The maximum absolute atomic E-state index is 13.0. The molecule has 0 amide bonds. The smallest absolute Gasteiger partial charge is 0.163 e. The second kappa shape index (κ2) is 4.94. The molecule has 132 valence electrons. The van der Waals surface area contributed by atoms with Crippen molar-refractivity contribution in [1.29, 1.82) is 0 Å². The lowest BCUT2D eigenvalue weighted by molar-refractivity contribution is 0.0955. The van der Waals surface area contributed by atoms with Crippen molar-refractivity contribution >= 4 is 27.5 Å². The van der Waals surface area contributed by atoms with E-state index in [9.17, 15) is 4.79 Å². The molecular formula is C24H25NO. The molecule has 2 aliphatic rings. The van der Waals surface area contributed by atoms with E-state index in [-0.39, 0.29) is 10.8 Å². The van der Waals surface area contributed by atoms with Crippen LogP contribution in [-0.4, -0.2) is 10.8 Å². The average molecular weight is 343 g/mol. The summed E-state index contributed by atoms with van der Waals surface area (Å²) >= 11 is 0. The standard InChI is InChI=1S/C24H25NO/c1-23(2)12-16-21-15(11-17-22(16)20(26)9-10-24(17,3)4)14-7-5-6-8-18(14)25-19(21)13-23/h5-8,11H,9-10,12-13H2,1-4H3. The highest BCUT2D eigenvalue weighted by Crippen LogP contribution is 2.47. The molecule has 0 aliphatic heterocycles. The fourth-order valence-electron chi connectivity index (χ4n) is 5.12. The Morgan fingerprint density at radius 2 is 1.77 bits per heavy atom. The van der Waals surface area contributed by atoms with Crippen LogP contribution in [0, 0.1) is 5.41 Å². The number of nitrogens with zero attached hydrogens (tertiary/aromatic N) is 1. The molecule has 0 fully saturated rings. The second-order valence-electron chi connectivity index (χ2n) is 9.60. The first-order chi connectivity index (χ1) is 12.3. The Kier molecular flexibility index (Phi) is 3.04. The van der Waals surface area contributed by atoms with Crippen LogP contribution in [0.2, 0.25) is 0 Å². The van der Waals surface area contributed by atoms with E-state index < -0.39 is 0 Å². The van der Waals surface area contributed by atoms with Crippen LogP contribution in [0.1, 0.15) is 67.7 Å². The lowest BCUT2D eigenvalue weighted by atomic mass is 9.66. The summed E-state index contributed by atoms with van der Waals surface area (Å²) in [6, 6.07) is 10.8. The van der Waals surface area contributed by atoms with Gasteiger partial charge in [-0.05, 0) is 58.7 Å². The van der Waals surface area contributed by atoms with Gasteiger partial charge in [0.15, 0.2) is 5.78 Å². The van der Waals surface area contributed by atoms with E-state index in [4.69, 9.17) is 4.98 Å². The van der Waals surface area contributed by atoms with Crippen LogP contribution in [0.4, 0.5) is 0 Å². The van der Waals surface area contributed by atoms with E-state index in [0.717, 1.165) is 30.3 Å². The minimum absolute atomic E-state index is 0.0417. The van der Waals surface area contributed by atoms with Gasteiger partial charge >= 0.3 is 0 Å². The van der Waals surface area contributed by atoms with Gasteiger partial charge in [0.05, 0.1) is 5.52 Å². The van der Waals surface area contributed by atoms with Gasteiger partial charge in [0.25, 0.3) is 0 Å². The Morgan fingerprint density at radius 3 is 2.58 bits per heavy atom. The highest BCUT2D eigenvalue weighted by molar-refractivity contribution is 6.13. The molecule has 26 heavy (non-hydrogen) atoms. The van der Waals surface area contributed by atoms with E-state index in [1.165, 1.54) is 33.0 Å². The molecule has 0 spiro atoms. The molecule has 2 nitrogen and oxygen atoms in total. The number of Topliss-reactive ketones (excluding diaryl/α,β-unsaturated/α-hetero) is 1. The Hall–Kier alpha value is -2.22. The van der Waals surface area contributed by atoms with Crippen LogP contribution in [0.5, 0.6) is 0 Å². The predicted octanol–water partition coefficient (Wildman–Crippen LogP) is 5.77. The highest BCUT2D eigenvalue weighted by Gasteiger charge is 2.38. The largest absolute Gasteiger partial charge is 0.294 e. The minimum Gasteiger partial charge on any atom is -0.294 e. The van der Waals surface area contributed by atoms with Crippen molar-refractivity contribution in [2.24, 2.45) is 5.41 Å². The van der Waals surface area contributed by atoms with Gasteiger partial charge in [-0.3, -0.25) is 9.78 Å². The number of carbonyl (C=O) groups is 1. The van der Waals surface area contributed by atoms with Crippen molar-refractivity contribution in [3.8, 4) is 0 Å². The zero-order chi connectivity index (χ0) is 18.3. The van der Waals surface area contributed by atoms with Crippen LogP contribution in [-0.2, 0) is 18.3 Å². The van der Waals surface area contributed by atoms with Gasteiger partial charge < -0.3 is 0 Å². The van der Waals surface area contributed by atoms with Crippen molar-refractivity contribution in [3.63, 3.8) is 0 Å². The third-order valence-electron chi connectivity index (χ3n) is 6.46. The fraction of sp³-hybridized carbons (Fsp3) is 0.417. The van der Waals surface area contributed by atoms with Crippen LogP contribution in [0.25, 0.3) is 21.7 Å². The molecule has 5 rings (SSSR count). The first kappa shape index (κ1) is 16.0. The zero-order valence-electron chi connectivity index (χ0n) is 16.1. The summed E-state index contributed by atoms with van der Waals surface area (Å²) < 4.78 is 0. The number of benzene rings is 2. The maximum atomic E-state index is 13.0. The molecule has 0 saturated carbocycles. The number of hydrogen-bond acceptors (Lipinski definition) is 2. The number of pyridine rings is 1. The van der Waals surface area contributed by atoms with E-state index >= 15 is 0 Å². The molecule has 2 heteroatoms. The first-order valence-corrected chi connectivity index (χ1v) is 9.68. The first-order valence-electron chi connectivity index (χ1n) is 9.68. The molecule has 1 heterocycles. The molecule has 1 aromatic heterocycles. The number of para-hydroxylation sites is 1. The lowest BCUT2D eigenvalue weighted by Gasteiger charge is -2.38. The monoisotopic (exact) mass is 343 g/mol. The summed E-state index contributed by atoms with van der Waals surface area (Å²) in [5.41, 5.74) is 5.94. The number of aromatic nitrogens is 1. The fourth-order valence-corrected chi connectivity index (χ4v) is 5.12. The summed E-state index contributed by atoms with van der Waals surface area (Å²) in [6.45, 7) is 9.18. The summed E-state index contributed by atoms with van der Waals surface area (Å²) in [7, 11) is 0. The molecule has 2 aliphatic carbocycles. The number of rotatable bonds is 0. The van der Waals surface area contributed by atoms with Crippen LogP contribution >= 0.6 is 0 Å². The summed E-state index contributed by atoms with van der Waals surface area (Å²) in [5, 5.41) is 3.76. The van der Waals surface area contributed by atoms with Crippen molar-refractivity contribution in [2.45, 2.75) is 58.8 Å². The van der Waals surface area contributed by atoms with Gasteiger partial charge in [-0.2, -0.15) is 0 Å². The second-order valence-corrected chi connectivity index (χ2v) is 9.60. The van der Waals surface area contributed by atoms with Gasteiger partial charge in [0.1, 0.15) is 0 Å². The normalized spacial score (nSPS) is 20.4. The van der Waals surface area contributed by atoms with Gasteiger partial charge in [0.2, 0.25) is 0 Å². The quantitative estimate of drug-likeness (QED) is 0.485. The van der Waals surface area contributed by atoms with Crippen molar-refractivity contribution in [1.82, 2.24) is 4.98 Å². The molecule has 0 N–H and O–H groups in total. The Balaban J connectivity index is 2.02. The molecule has 0 atom stereocenters. The Bertz CT molecular complexity index is 1100. The summed E-state index contributed by atoms with van der Waals surface area (Å²) in [6.07, 6.45) is 3.53. The van der Waals surface area contributed by atoms with E-state index in [1.807, 2.05) is 0 Å². The summed E-state index contributed by atoms with van der Waals surface area (Å²) in [4.78, 5) is 18.0. The topological polar surface area (TPSA) is 30.0 Å². The van der Waals surface area contributed by atoms with E-state index in [0.29, 0.717) is 12.2 Å². The van der Waals surface area contributed by atoms with Gasteiger partial charge in [-0.15, -0.1) is 0 Å². The average Bonchev–Trinajstić information content (AvgIpc) is 2.57. The molecule has 0 unspecified atom stereocenters. The lowest BCUT2D eigenvalue weighted by Crippen LogP contribution is -2.32. The van der Waals surface area contributed by atoms with Gasteiger partial charge in [-0.1, -0.05) is 45.9 Å². The van der Waals surface area contributed by atoms with Crippen molar-refractivity contribution < 1.29 is 4.79 Å². The zero-order valence-corrected chi connectivity index (χ0v) is 16.1. The maximum Gasteiger partial charge on any atom is 0.163 e. The molecule has 0 saturated heterocycles. The highest BCUT2D eigenvalue weighted by atomic mass is 16.1. The molecule has 0 bridgehead atoms. The SMILES string of the molecule is CC1(C)Cc2nc3ccccc3c3cc4c(c(c23)C1)C(=O)CCC4(C)C. The molecule has 0 radical (unpaired) electrons. The summed E-state index contributed by atoms with van der Waals surface area (Å²) in [5.74, 6) is 0.327. The van der Waals surface area contributed by atoms with Gasteiger partial charge in [0, 0.05) is 28.5 Å². The number of fused-ring (bicyclic) bond motifs is 4. The third-order valence-corrected chi connectivity index (χ3v) is 6.46. The van der Waals surface area contributed by atoms with E-state index in [2.05, 4.69) is 58.0 Å². The number of ketones is 1. The minimum atomic E-state index is 0.0417. The molecular weight excluding hydrogens is 318 g/mol. The molecule has 3 aromatic rings. The van der Waals surface area contributed by atoms with Gasteiger partial charge in [-0.25, -0.2) is 0 Å². The number of hydrogen-bond donors (Lipinski definition) is 0. The predicted molar refractivity (Wildman–Crippen MR) is 107 cm³/mol. The van der Waals surface area contributed by atoms with E-state index in [1.54, 1.807) is 0 Å². The van der Waals surface area contributed by atoms with Crippen LogP contribution < -0.4 is 0 Å². The van der Waals surface area contributed by atoms with Crippen molar-refractivity contribution in [2.75, 3.05) is 0 Å². The molecule has 2 aromatic carbocycles.